The van der Waals surface area contributed by atoms with E-state index >= 15 is 0 Å². The molecule has 1 saturated heterocycles. The van der Waals surface area contributed by atoms with Crippen molar-refractivity contribution in [2.45, 2.75) is 24.2 Å². The highest BCUT2D eigenvalue weighted by Crippen LogP contribution is 2.18. The van der Waals surface area contributed by atoms with Gasteiger partial charge in [-0.1, -0.05) is 30.3 Å². The molecular formula is C19H26ClN3O3S. The van der Waals surface area contributed by atoms with Crippen LogP contribution in [0.25, 0.3) is 10.8 Å². The lowest BCUT2D eigenvalue weighted by atomic mass is 10.00. The number of hydrogen-bond donors (Lipinski definition) is 3. The summed E-state index contributed by atoms with van der Waals surface area (Å²) < 4.78 is 27.3. The Labute approximate surface area is 166 Å². The fourth-order valence-corrected chi connectivity index (χ4v) is 4.23. The first kappa shape index (κ1) is 21.6. The minimum absolute atomic E-state index is 0. The van der Waals surface area contributed by atoms with E-state index < -0.39 is 10.0 Å². The molecule has 148 valence electrons. The van der Waals surface area contributed by atoms with Crippen LogP contribution in [-0.2, 0) is 14.8 Å². The molecule has 1 aliphatic rings. The first-order valence-corrected chi connectivity index (χ1v) is 10.5. The van der Waals surface area contributed by atoms with Crippen LogP contribution >= 0.6 is 12.4 Å². The van der Waals surface area contributed by atoms with Crippen LogP contribution in [0.4, 0.5) is 0 Å². The van der Waals surface area contributed by atoms with E-state index in [9.17, 15) is 13.2 Å². The van der Waals surface area contributed by atoms with Gasteiger partial charge >= 0.3 is 0 Å². The van der Waals surface area contributed by atoms with E-state index in [4.69, 9.17) is 0 Å². The summed E-state index contributed by atoms with van der Waals surface area (Å²) >= 11 is 0. The maximum Gasteiger partial charge on any atom is 0.240 e. The van der Waals surface area contributed by atoms with Crippen LogP contribution in [0.3, 0.4) is 0 Å². The fraction of sp³-hybridized carbons (Fsp3) is 0.421. The van der Waals surface area contributed by atoms with Crippen molar-refractivity contribution in [3.05, 3.63) is 42.5 Å². The van der Waals surface area contributed by atoms with E-state index in [1.807, 2.05) is 24.3 Å². The second kappa shape index (κ2) is 10.0. The van der Waals surface area contributed by atoms with Crippen molar-refractivity contribution in [2.24, 2.45) is 5.92 Å². The summed E-state index contributed by atoms with van der Waals surface area (Å²) in [6.07, 6.45) is 2.38. The summed E-state index contributed by atoms with van der Waals surface area (Å²) in [5.41, 5.74) is 0. The predicted molar refractivity (Wildman–Crippen MR) is 110 cm³/mol. The molecule has 0 radical (unpaired) electrons. The van der Waals surface area contributed by atoms with Crippen molar-refractivity contribution in [3.8, 4) is 0 Å². The quantitative estimate of drug-likeness (QED) is 0.650. The second-order valence-corrected chi connectivity index (χ2v) is 8.44. The zero-order chi connectivity index (χ0) is 18.4. The van der Waals surface area contributed by atoms with Gasteiger partial charge in [0.05, 0.1) is 4.90 Å². The van der Waals surface area contributed by atoms with Crippen LogP contribution in [0.2, 0.25) is 0 Å². The number of benzene rings is 2. The number of nitrogens with one attached hydrogen (secondary N) is 3. The van der Waals surface area contributed by atoms with Gasteiger partial charge in [0.25, 0.3) is 0 Å². The van der Waals surface area contributed by atoms with E-state index in [1.54, 1.807) is 18.2 Å². The third-order valence-corrected chi connectivity index (χ3v) is 6.12. The highest BCUT2D eigenvalue weighted by Gasteiger charge is 2.16. The summed E-state index contributed by atoms with van der Waals surface area (Å²) in [6, 6.07) is 12.6. The number of amides is 1. The van der Waals surface area contributed by atoms with Crippen LogP contribution < -0.4 is 15.4 Å². The van der Waals surface area contributed by atoms with E-state index in [-0.39, 0.29) is 36.2 Å². The molecular weight excluding hydrogens is 386 g/mol. The minimum Gasteiger partial charge on any atom is -0.356 e. The number of carbonyl (C=O) groups excluding carboxylic acids is 1. The molecule has 6 nitrogen and oxygen atoms in total. The van der Waals surface area contributed by atoms with Gasteiger partial charge in [-0.3, -0.25) is 4.79 Å². The molecule has 0 saturated carbocycles. The third kappa shape index (κ3) is 6.17. The molecule has 0 aromatic heterocycles. The van der Waals surface area contributed by atoms with Gasteiger partial charge in [0.1, 0.15) is 0 Å². The highest BCUT2D eigenvalue weighted by molar-refractivity contribution is 7.89. The van der Waals surface area contributed by atoms with Crippen molar-refractivity contribution in [3.63, 3.8) is 0 Å². The van der Waals surface area contributed by atoms with Gasteiger partial charge in [0, 0.05) is 19.5 Å². The zero-order valence-electron chi connectivity index (χ0n) is 15.1. The first-order valence-electron chi connectivity index (χ1n) is 9.00. The van der Waals surface area contributed by atoms with Gasteiger partial charge < -0.3 is 10.6 Å². The van der Waals surface area contributed by atoms with Gasteiger partial charge in [0.15, 0.2) is 0 Å². The van der Waals surface area contributed by atoms with Crippen molar-refractivity contribution in [2.75, 3.05) is 26.2 Å². The van der Waals surface area contributed by atoms with Crippen molar-refractivity contribution >= 4 is 39.1 Å². The highest BCUT2D eigenvalue weighted by atomic mass is 35.5. The lowest BCUT2D eigenvalue weighted by Crippen LogP contribution is -2.39. The average Bonchev–Trinajstić information content (AvgIpc) is 2.66. The maximum atomic E-state index is 12.4. The van der Waals surface area contributed by atoms with E-state index in [2.05, 4.69) is 15.4 Å². The Balaban J connectivity index is 0.00000261. The molecule has 0 aliphatic carbocycles. The van der Waals surface area contributed by atoms with Gasteiger partial charge in [-0.05, 0) is 54.8 Å². The molecule has 1 heterocycles. The van der Waals surface area contributed by atoms with Gasteiger partial charge in [-0.2, -0.15) is 0 Å². The Kier molecular flexibility index (Phi) is 8.04. The molecule has 3 rings (SSSR count). The van der Waals surface area contributed by atoms with Crippen molar-refractivity contribution < 1.29 is 13.2 Å². The molecule has 1 fully saturated rings. The Morgan fingerprint density at radius 3 is 2.67 bits per heavy atom. The lowest BCUT2D eigenvalue weighted by Gasteiger charge is -2.22. The van der Waals surface area contributed by atoms with Crippen LogP contribution in [-0.4, -0.2) is 40.5 Å². The van der Waals surface area contributed by atoms with Crippen LogP contribution in [0.15, 0.2) is 47.4 Å². The normalized spacial score (nSPS) is 17.3. The molecule has 27 heavy (non-hydrogen) atoms. The molecule has 1 amide bonds. The molecule has 0 spiro atoms. The summed E-state index contributed by atoms with van der Waals surface area (Å²) in [4.78, 5) is 12.1. The van der Waals surface area contributed by atoms with Crippen LogP contribution in [0, 0.1) is 5.92 Å². The Morgan fingerprint density at radius 1 is 1.15 bits per heavy atom. The Hall–Kier alpha value is -1.67. The molecule has 1 atom stereocenters. The van der Waals surface area contributed by atoms with Crippen molar-refractivity contribution in [1.82, 2.24) is 15.4 Å². The maximum absolute atomic E-state index is 12.4. The Bertz CT molecular complexity index is 867. The zero-order valence-corrected chi connectivity index (χ0v) is 16.7. The lowest BCUT2D eigenvalue weighted by molar-refractivity contribution is -0.121. The smallest absolute Gasteiger partial charge is 0.240 e. The number of fused-ring (bicyclic) bond motifs is 1. The second-order valence-electron chi connectivity index (χ2n) is 6.67. The number of carbonyl (C=O) groups is 1. The molecule has 1 aliphatic heterocycles. The summed E-state index contributed by atoms with van der Waals surface area (Å²) in [6.45, 7) is 2.70. The number of halogens is 1. The fourth-order valence-electron chi connectivity index (χ4n) is 3.16. The SMILES string of the molecule is Cl.O=C(CCNS(=O)(=O)c1ccc2ccccc2c1)NCC1CCCNC1. The minimum atomic E-state index is -3.62. The topological polar surface area (TPSA) is 87.3 Å². The number of hydrogen-bond acceptors (Lipinski definition) is 4. The van der Waals surface area contributed by atoms with E-state index in [0.29, 0.717) is 12.5 Å². The molecule has 2 aromatic carbocycles. The van der Waals surface area contributed by atoms with Crippen LogP contribution in [0.1, 0.15) is 19.3 Å². The molecule has 3 N–H and O–H groups in total. The predicted octanol–water partition coefficient (Wildman–Crippen LogP) is 2.05. The number of rotatable bonds is 7. The average molecular weight is 412 g/mol. The Morgan fingerprint density at radius 2 is 1.93 bits per heavy atom. The van der Waals surface area contributed by atoms with Crippen LogP contribution in [0.5, 0.6) is 0 Å². The monoisotopic (exact) mass is 411 g/mol. The third-order valence-electron chi connectivity index (χ3n) is 4.66. The van der Waals surface area contributed by atoms with E-state index in [1.165, 1.54) is 0 Å². The molecule has 2 aromatic rings. The standard InChI is InChI=1S/C19H25N3O3S.ClH/c23-19(21-14-15-4-3-10-20-13-15)9-11-22-26(24,25)18-8-7-16-5-1-2-6-17(16)12-18;/h1-2,5-8,12,15,20,22H,3-4,9-11,13-14H2,(H,21,23);1H. The summed E-state index contributed by atoms with van der Waals surface area (Å²) in [5.74, 6) is 0.332. The summed E-state index contributed by atoms with van der Waals surface area (Å²) in [7, 11) is -3.62. The summed E-state index contributed by atoms with van der Waals surface area (Å²) in [5, 5.41) is 8.06. The van der Waals surface area contributed by atoms with Crippen molar-refractivity contribution in [1.29, 1.82) is 0 Å². The van der Waals surface area contributed by atoms with Gasteiger partial charge in [0.2, 0.25) is 15.9 Å². The van der Waals surface area contributed by atoms with Gasteiger partial charge in [-0.25, -0.2) is 13.1 Å². The number of piperidine rings is 1. The van der Waals surface area contributed by atoms with E-state index in [0.717, 1.165) is 36.7 Å². The molecule has 8 heteroatoms. The molecule has 1 unspecified atom stereocenters. The molecule has 0 bridgehead atoms. The van der Waals surface area contributed by atoms with Gasteiger partial charge in [-0.15, -0.1) is 12.4 Å². The first-order chi connectivity index (χ1) is 12.5. The number of sulfonamides is 1. The largest absolute Gasteiger partial charge is 0.356 e.